The summed E-state index contributed by atoms with van der Waals surface area (Å²) in [6.07, 6.45) is 3.85. The first-order chi connectivity index (χ1) is 12.0. The summed E-state index contributed by atoms with van der Waals surface area (Å²) >= 11 is 0. The molecule has 6 heteroatoms. The minimum atomic E-state index is -0.282. The normalized spacial score (nSPS) is 11.5. The molecule has 1 aromatic carbocycles. The van der Waals surface area contributed by atoms with Crippen molar-refractivity contribution in [3.63, 3.8) is 0 Å². The lowest BCUT2D eigenvalue weighted by molar-refractivity contribution is -0.128. The van der Waals surface area contributed by atoms with Crippen LogP contribution in [0.5, 0.6) is 0 Å². The van der Waals surface area contributed by atoms with Crippen LogP contribution in [0, 0.1) is 0 Å². The maximum atomic E-state index is 11.9. The molecule has 0 unspecified atom stereocenters. The lowest BCUT2D eigenvalue weighted by atomic mass is 10.0. The predicted octanol–water partition coefficient (Wildman–Crippen LogP) is 2.59. The topological polar surface area (TPSA) is 74.3 Å². The van der Waals surface area contributed by atoms with Gasteiger partial charge in [0, 0.05) is 39.5 Å². The highest BCUT2D eigenvalue weighted by atomic mass is 16.2. The fourth-order valence-electron chi connectivity index (χ4n) is 2.34. The van der Waals surface area contributed by atoms with E-state index in [1.54, 1.807) is 20.3 Å². The zero-order valence-corrected chi connectivity index (χ0v) is 14.8. The Labute approximate surface area is 148 Å². The monoisotopic (exact) mass is 340 g/mol. The number of urea groups is 1. The summed E-state index contributed by atoms with van der Waals surface area (Å²) in [7, 11) is 3.39. The van der Waals surface area contributed by atoms with Crippen molar-refractivity contribution in [2.45, 2.75) is 19.4 Å². The van der Waals surface area contributed by atoms with Crippen LogP contribution in [0.3, 0.4) is 0 Å². The predicted molar refractivity (Wildman–Crippen MR) is 97.9 cm³/mol. The molecule has 0 saturated carbocycles. The standard InChI is InChI=1S/C19H24N4O2/c1-14(22-19(25)21-12-10-18(24)23(2)3)15-6-8-16(9-7-15)17-5-4-11-20-13-17/h4-9,11,13-14H,10,12H2,1-3H3,(H2,21,22,25)/t14-/m0/s1. The van der Waals surface area contributed by atoms with Gasteiger partial charge in [-0.25, -0.2) is 4.79 Å². The van der Waals surface area contributed by atoms with Crippen LogP contribution in [-0.2, 0) is 4.79 Å². The highest BCUT2D eigenvalue weighted by Crippen LogP contribution is 2.21. The number of hydrogen-bond donors (Lipinski definition) is 2. The fourth-order valence-corrected chi connectivity index (χ4v) is 2.34. The molecule has 132 valence electrons. The Balaban J connectivity index is 1.85. The molecule has 0 aliphatic heterocycles. The Hall–Kier alpha value is -2.89. The van der Waals surface area contributed by atoms with Crippen molar-refractivity contribution in [1.29, 1.82) is 0 Å². The number of nitrogens with zero attached hydrogens (tertiary/aromatic N) is 2. The maximum Gasteiger partial charge on any atom is 0.315 e. The molecule has 2 aromatic rings. The van der Waals surface area contributed by atoms with E-state index >= 15 is 0 Å². The zero-order valence-electron chi connectivity index (χ0n) is 14.8. The van der Waals surface area contributed by atoms with Crippen LogP contribution >= 0.6 is 0 Å². The number of pyridine rings is 1. The molecule has 0 aliphatic rings. The third kappa shape index (κ3) is 5.60. The molecular formula is C19H24N4O2. The maximum absolute atomic E-state index is 11.9. The van der Waals surface area contributed by atoms with E-state index in [0.717, 1.165) is 16.7 Å². The van der Waals surface area contributed by atoms with Crippen LogP contribution in [0.4, 0.5) is 4.79 Å². The average Bonchev–Trinajstić information content (AvgIpc) is 2.62. The number of carbonyl (C=O) groups excluding carboxylic acids is 2. The second-order valence-corrected chi connectivity index (χ2v) is 6.02. The Morgan fingerprint density at radius 3 is 2.44 bits per heavy atom. The van der Waals surface area contributed by atoms with Gasteiger partial charge in [-0.3, -0.25) is 9.78 Å². The molecule has 0 aliphatic carbocycles. The van der Waals surface area contributed by atoms with Gasteiger partial charge >= 0.3 is 6.03 Å². The van der Waals surface area contributed by atoms with Gasteiger partial charge in [-0.1, -0.05) is 30.3 Å². The van der Waals surface area contributed by atoms with E-state index in [0.29, 0.717) is 6.54 Å². The fraction of sp³-hybridized carbons (Fsp3) is 0.316. The highest BCUT2D eigenvalue weighted by molar-refractivity contribution is 5.78. The molecule has 1 heterocycles. The molecule has 0 bridgehead atoms. The first-order valence-electron chi connectivity index (χ1n) is 8.22. The van der Waals surface area contributed by atoms with Crippen LogP contribution in [0.2, 0.25) is 0 Å². The molecule has 0 spiro atoms. The zero-order chi connectivity index (χ0) is 18.2. The molecule has 1 atom stereocenters. The summed E-state index contributed by atoms with van der Waals surface area (Å²) in [6.45, 7) is 2.24. The van der Waals surface area contributed by atoms with Gasteiger partial charge in [0.1, 0.15) is 0 Å². The van der Waals surface area contributed by atoms with Crippen LogP contribution in [-0.4, -0.2) is 42.5 Å². The van der Waals surface area contributed by atoms with Gasteiger partial charge < -0.3 is 15.5 Å². The molecule has 1 aromatic heterocycles. The Bertz CT molecular complexity index is 699. The first-order valence-corrected chi connectivity index (χ1v) is 8.22. The molecular weight excluding hydrogens is 316 g/mol. The van der Waals surface area contributed by atoms with E-state index in [9.17, 15) is 9.59 Å². The number of amides is 3. The minimum Gasteiger partial charge on any atom is -0.349 e. The van der Waals surface area contributed by atoms with Crippen molar-refractivity contribution >= 4 is 11.9 Å². The Kier molecular flexibility index (Phi) is 6.51. The van der Waals surface area contributed by atoms with Crippen LogP contribution in [0.25, 0.3) is 11.1 Å². The van der Waals surface area contributed by atoms with Crippen molar-refractivity contribution in [3.8, 4) is 11.1 Å². The van der Waals surface area contributed by atoms with Crippen LogP contribution in [0.15, 0.2) is 48.8 Å². The number of hydrogen-bond acceptors (Lipinski definition) is 3. The van der Waals surface area contributed by atoms with Gasteiger partial charge in [0.2, 0.25) is 5.91 Å². The summed E-state index contributed by atoms with van der Waals surface area (Å²) in [5.41, 5.74) is 3.14. The largest absolute Gasteiger partial charge is 0.349 e. The number of carbonyl (C=O) groups is 2. The van der Waals surface area contributed by atoms with Crippen molar-refractivity contribution in [3.05, 3.63) is 54.4 Å². The molecule has 3 amide bonds. The van der Waals surface area contributed by atoms with E-state index < -0.39 is 0 Å². The summed E-state index contributed by atoms with van der Waals surface area (Å²) < 4.78 is 0. The minimum absolute atomic E-state index is 0.0145. The van der Waals surface area contributed by atoms with Crippen molar-refractivity contribution in [2.75, 3.05) is 20.6 Å². The molecule has 2 N–H and O–H groups in total. The third-order valence-corrected chi connectivity index (χ3v) is 3.88. The smallest absolute Gasteiger partial charge is 0.315 e. The van der Waals surface area contributed by atoms with E-state index in [-0.39, 0.29) is 24.4 Å². The molecule has 0 saturated heterocycles. The number of benzene rings is 1. The van der Waals surface area contributed by atoms with Crippen molar-refractivity contribution in [1.82, 2.24) is 20.5 Å². The third-order valence-electron chi connectivity index (χ3n) is 3.88. The second kappa shape index (κ2) is 8.82. The average molecular weight is 340 g/mol. The Morgan fingerprint density at radius 1 is 1.12 bits per heavy atom. The number of rotatable bonds is 6. The van der Waals surface area contributed by atoms with Gasteiger partial charge in [0.25, 0.3) is 0 Å². The number of nitrogens with one attached hydrogen (secondary N) is 2. The van der Waals surface area contributed by atoms with Gasteiger partial charge in [-0.15, -0.1) is 0 Å². The first kappa shape index (κ1) is 18.4. The quantitative estimate of drug-likeness (QED) is 0.849. The van der Waals surface area contributed by atoms with Crippen molar-refractivity contribution in [2.24, 2.45) is 0 Å². The summed E-state index contributed by atoms with van der Waals surface area (Å²) in [6, 6.07) is 11.5. The van der Waals surface area contributed by atoms with E-state index in [1.807, 2.05) is 49.5 Å². The highest BCUT2D eigenvalue weighted by Gasteiger charge is 2.10. The van der Waals surface area contributed by atoms with Crippen molar-refractivity contribution < 1.29 is 9.59 Å². The molecule has 0 radical (unpaired) electrons. The molecule has 0 fully saturated rings. The van der Waals surface area contributed by atoms with Gasteiger partial charge in [-0.05, 0) is 29.7 Å². The lowest BCUT2D eigenvalue weighted by Gasteiger charge is -2.16. The van der Waals surface area contributed by atoms with Crippen LogP contribution in [0.1, 0.15) is 24.9 Å². The van der Waals surface area contributed by atoms with Gasteiger partial charge in [0.15, 0.2) is 0 Å². The number of aromatic nitrogens is 1. The second-order valence-electron chi connectivity index (χ2n) is 6.02. The molecule has 6 nitrogen and oxygen atoms in total. The van der Waals surface area contributed by atoms with E-state index in [1.165, 1.54) is 4.90 Å². The van der Waals surface area contributed by atoms with Gasteiger partial charge in [-0.2, -0.15) is 0 Å². The summed E-state index contributed by atoms with van der Waals surface area (Å²) in [5, 5.41) is 5.57. The van der Waals surface area contributed by atoms with E-state index in [4.69, 9.17) is 0 Å². The molecule has 25 heavy (non-hydrogen) atoms. The molecule has 2 rings (SSSR count). The lowest BCUT2D eigenvalue weighted by Crippen LogP contribution is -2.38. The Morgan fingerprint density at radius 2 is 1.84 bits per heavy atom. The summed E-state index contributed by atoms with van der Waals surface area (Å²) in [5.74, 6) is -0.0145. The van der Waals surface area contributed by atoms with E-state index in [2.05, 4.69) is 15.6 Å². The SMILES string of the molecule is C[C@H](NC(=O)NCCC(=O)N(C)C)c1ccc(-c2cccnc2)cc1. The van der Waals surface area contributed by atoms with Crippen LogP contribution < -0.4 is 10.6 Å². The summed E-state index contributed by atoms with van der Waals surface area (Å²) in [4.78, 5) is 29.0. The van der Waals surface area contributed by atoms with Gasteiger partial charge in [0.05, 0.1) is 6.04 Å².